The van der Waals surface area contributed by atoms with Crippen LogP contribution in [0.1, 0.15) is 33.3 Å². The molecule has 0 spiro atoms. The molecule has 100 valence electrons. The zero-order valence-electron chi connectivity index (χ0n) is 10.9. The summed E-state index contributed by atoms with van der Waals surface area (Å²) < 4.78 is 25.5. The van der Waals surface area contributed by atoms with Gasteiger partial charge in [0.2, 0.25) is 10.0 Å². The molecule has 0 heterocycles. The second-order valence-electron chi connectivity index (χ2n) is 4.98. The van der Waals surface area contributed by atoms with Crippen molar-refractivity contribution < 1.29 is 13.6 Å². The van der Waals surface area contributed by atoms with E-state index in [9.17, 15) is 8.42 Å². The molecular weight excluding hydrogens is 252 g/mol. The van der Waals surface area contributed by atoms with Gasteiger partial charge in [0.15, 0.2) is 0 Å². The Morgan fingerprint density at radius 3 is 2.11 bits per heavy atom. The maximum Gasteiger partial charge on any atom is 0.237 e. The fourth-order valence-corrected chi connectivity index (χ4v) is 1.90. The van der Waals surface area contributed by atoms with Crippen LogP contribution in [0.2, 0.25) is 0 Å². The summed E-state index contributed by atoms with van der Waals surface area (Å²) in [6.07, 6.45) is 0. The van der Waals surface area contributed by atoms with Gasteiger partial charge < -0.3 is 5.21 Å². The van der Waals surface area contributed by atoms with Crippen LogP contribution in [0.25, 0.3) is 0 Å². The number of nitrogens with zero attached hydrogens (tertiary/aromatic N) is 1. The minimum Gasteiger partial charge on any atom is -0.411 e. The normalized spacial score (nSPS) is 13.4. The molecule has 2 N–H and O–H groups in total. The zero-order chi connectivity index (χ0) is 14.0. The van der Waals surface area contributed by atoms with Gasteiger partial charge in [-0.05, 0) is 45.4 Å². The fourth-order valence-electron chi connectivity index (χ4n) is 1.15. The van der Waals surface area contributed by atoms with Crippen LogP contribution in [0.5, 0.6) is 0 Å². The third-order valence-electron chi connectivity index (χ3n) is 2.51. The Kier molecular flexibility index (Phi) is 4.01. The molecule has 0 aromatic heterocycles. The van der Waals surface area contributed by atoms with Crippen molar-refractivity contribution >= 4 is 21.4 Å². The minimum atomic E-state index is -3.42. The Balaban J connectivity index is 2.96. The van der Waals surface area contributed by atoms with Gasteiger partial charge in [-0.15, -0.1) is 0 Å². The predicted molar refractivity (Wildman–Crippen MR) is 72.7 cm³/mol. The van der Waals surface area contributed by atoms with Crippen molar-refractivity contribution in [3.8, 4) is 0 Å². The fraction of sp³-hybridized carbons (Fsp3) is 0.417. The Morgan fingerprint density at radius 1 is 1.22 bits per heavy atom. The number of nitrogens with one attached hydrogen (secondary N) is 1. The Hall–Kier alpha value is -1.56. The van der Waals surface area contributed by atoms with Crippen LogP contribution in [0, 0.1) is 0 Å². The molecule has 0 aliphatic rings. The maximum absolute atomic E-state index is 11.9. The average Bonchev–Trinajstić information content (AvgIpc) is 2.27. The first-order chi connectivity index (χ1) is 8.17. The lowest BCUT2D eigenvalue weighted by atomic mass is 10.1. The molecule has 6 heteroatoms. The van der Waals surface area contributed by atoms with Crippen molar-refractivity contribution in [2.24, 2.45) is 5.16 Å². The number of oxime groups is 1. The lowest BCUT2D eigenvalue weighted by Crippen LogP contribution is -2.33. The molecule has 1 rings (SSSR count). The second-order valence-corrected chi connectivity index (χ2v) is 7.42. The van der Waals surface area contributed by atoms with Crippen molar-refractivity contribution in [1.29, 1.82) is 0 Å². The van der Waals surface area contributed by atoms with Crippen LogP contribution in [0.3, 0.4) is 0 Å². The summed E-state index contributed by atoms with van der Waals surface area (Å²) >= 11 is 0. The van der Waals surface area contributed by atoms with Gasteiger partial charge >= 0.3 is 0 Å². The molecule has 18 heavy (non-hydrogen) atoms. The summed E-state index contributed by atoms with van der Waals surface area (Å²) in [5, 5.41) is 11.7. The molecule has 0 unspecified atom stereocenters. The first-order valence-electron chi connectivity index (χ1n) is 5.49. The van der Waals surface area contributed by atoms with E-state index in [1.54, 1.807) is 52.0 Å². The molecule has 1 aromatic rings. The molecule has 0 aliphatic heterocycles. The Labute approximate surface area is 108 Å². The zero-order valence-corrected chi connectivity index (χ0v) is 11.7. The largest absolute Gasteiger partial charge is 0.411 e. The molecule has 0 bridgehead atoms. The highest BCUT2D eigenvalue weighted by Gasteiger charge is 2.28. The van der Waals surface area contributed by atoms with Crippen molar-refractivity contribution in [2.75, 3.05) is 4.72 Å². The first-order valence-corrected chi connectivity index (χ1v) is 6.97. The quantitative estimate of drug-likeness (QED) is 0.503. The van der Waals surface area contributed by atoms with E-state index in [4.69, 9.17) is 5.21 Å². The predicted octanol–water partition coefficient (Wildman–Crippen LogP) is 2.43. The van der Waals surface area contributed by atoms with Crippen molar-refractivity contribution in [3.05, 3.63) is 29.8 Å². The number of anilines is 1. The SMILES string of the molecule is CC(=NO)c1ccc(NS(=O)(=O)C(C)(C)C)cc1. The van der Waals surface area contributed by atoms with E-state index in [1.807, 2.05) is 0 Å². The maximum atomic E-state index is 11.9. The molecule has 0 saturated heterocycles. The molecular formula is C12H18N2O3S. The van der Waals surface area contributed by atoms with E-state index in [0.717, 1.165) is 5.56 Å². The number of benzene rings is 1. The van der Waals surface area contributed by atoms with Crippen LogP contribution < -0.4 is 4.72 Å². The van der Waals surface area contributed by atoms with Gasteiger partial charge in [-0.2, -0.15) is 0 Å². The van der Waals surface area contributed by atoms with Crippen LogP contribution >= 0.6 is 0 Å². The monoisotopic (exact) mass is 270 g/mol. The lowest BCUT2D eigenvalue weighted by molar-refractivity contribution is 0.319. The average molecular weight is 270 g/mol. The van der Waals surface area contributed by atoms with Gasteiger partial charge in [0.25, 0.3) is 0 Å². The van der Waals surface area contributed by atoms with Crippen LogP contribution in [-0.4, -0.2) is 24.1 Å². The summed E-state index contributed by atoms with van der Waals surface area (Å²) in [4.78, 5) is 0. The van der Waals surface area contributed by atoms with E-state index in [0.29, 0.717) is 11.4 Å². The highest BCUT2D eigenvalue weighted by molar-refractivity contribution is 7.94. The number of sulfonamides is 1. The molecule has 0 saturated carbocycles. The van der Waals surface area contributed by atoms with Gasteiger partial charge in [0.05, 0.1) is 10.5 Å². The first kappa shape index (κ1) is 14.5. The summed E-state index contributed by atoms with van der Waals surface area (Å²) in [5.74, 6) is 0. The Morgan fingerprint density at radius 2 is 1.72 bits per heavy atom. The summed E-state index contributed by atoms with van der Waals surface area (Å²) in [6, 6.07) is 6.64. The van der Waals surface area contributed by atoms with E-state index >= 15 is 0 Å². The highest BCUT2D eigenvalue weighted by atomic mass is 32.2. The van der Waals surface area contributed by atoms with Gasteiger partial charge in [0, 0.05) is 5.69 Å². The minimum absolute atomic E-state index is 0.472. The molecule has 0 radical (unpaired) electrons. The lowest BCUT2D eigenvalue weighted by Gasteiger charge is -2.20. The van der Waals surface area contributed by atoms with E-state index in [1.165, 1.54) is 0 Å². The van der Waals surface area contributed by atoms with Crippen LogP contribution in [0.15, 0.2) is 29.4 Å². The number of hydrogen-bond donors (Lipinski definition) is 2. The molecule has 0 atom stereocenters. The van der Waals surface area contributed by atoms with Crippen LogP contribution in [-0.2, 0) is 10.0 Å². The topological polar surface area (TPSA) is 78.8 Å². The van der Waals surface area contributed by atoms with Crippen molar-refractivity contribution in [1.82, 2.24) is 0 Å². The second kappa shape index (κ2) is 4.97. The van der Waals surface area contributed by atoms with Crippen molar-refractivity contribution in [2.45, 2.75) is 32.4 Å². The summed E-state index contributed by atoms with van der Waals surface area (Å²) in [6.45, 7) is 6.55. The Bertz CT molecular complexity index is 540. The van der Waals surface area contributed by atoms with E-state index in [-0.39, 0.29) is 0 Å². The van der Waals surface area contributed by atoms with Crippen molar-refractivity contribution in [3.63, 3.8) is 0 Å². The van der Waals surface area contributed by atoms with E-state index < -0.39 is 14.8 Å². The van der Waals surface area contributed by atoms with Gasteiger partial charge in [-0.3, -0.25) is 4.72 Å². The number of hydrogen-bond acceptors (Lipinski definition) is 4. The third-order valence-corrected chi connectivity index (χ3v) is 4.63. The smallest absolute Gasteiger partial charge is 0.237 e. The van der Waals surface area contributed by atoms with Gasteiger partial charge in [-0.1, -0.05) is 17.3 Å². The molecule has 0 aliphatic carbocycles. The highest BCUT2D eigenvalue weighted by Crippen LogP contribution is 2.19. The van der Waals surface area contributed by atoms with E-state index in [2.05, 4.69) is 9.88 Å². The van der Waals surface area contributed by atoms with Gasteiger partial charge in [0.1, 0.15) is 0 Å². The summed E-state index contributed by atoms with van der Waals surface area (Å²) in [5.41, 5.74) is 1.69. The molecule has 0 fully saturated rings. The number of rotatable bonds is 3. The molecule has 5 nitrogen and oxygen atoms in total. The summed E-state index contributed by atoms with van der Waals surface area (Å²) in [7, 11) is -3.42. The van der Waals surface area contributed by atoms with Crippen LogP contribution in [0.4, 0.5) is 5.69 Å². The standard InChI is InChI=1S/C12H18N2O3S/c1-9(13-15)10-5-7-11(8-6-10)14-18(16,17)12(2,3)4/h5-8,14-15H,1-4H3. The van der Waals surface area contributed by atoms with Gasteiger partial charge in [-0.25, -0.2) is 8.42 Å². The molecule has 1 aromatic carbocycles. The third kappa shape index (κ3) is 3.22. The molecule has 0 amide bonds.